The van der Waals surface area contributed by atoms with Crippen molar-refractivity contribution >= 4 is 17.3 Å². The monoisotopic (exact) mass is 421 g/mol. The van der Waals surface area contributed by atoms with Crippen LogP contribution in [0.3, 0.4) is 0 Å². The molecule has 1 unspecified atom stereocenters. The van der Waals surface area contributed by atoms with Crippen LogP contribution >= 0.6 is 0 Å². The maximum atomic E-state index is 14.5. The number of likely N-dealkylation sites (tertiary alicyclic amines) is 1. The van der Waals surface area contributed by atoms with Crippen molar-refractivity contribution in [3.05, 3.63) is 58.9 Å². The summed E-state index contributed by atoms with van der Waals surface area (Å²) < 4.78 is 42.6. The van der Waals surface area contributed by atoms with Gasteiger partial charge in [-0.2, -0.15) is 0 Å². The second-order valence-corrected chi connectivity index (χ2v) is 7.68. The van der Waals surface area contributed by atoms with Crippen molar-refractivity contribution in [1.82, 2.24) is 10.2 Å². The quantitative estimate of drug-likeness (QED) is 0.638. The van der Waals surface area contributed by atoms with E-state index in [0.717, 1.165) is 12.1 Å². The lowest BCUT2D eigenvalue weighted by Gasteiger charge is -2.50. The molecule has 0 radical (unpaired) electrons. The molecule has 1 saturated heterocycles. The first-order valence-electron chi connectivity index (χ1n) is 9.96. The Kier molecular flexibility index (Phi) is 6.38. The largest absolute Gasteiger partial charge is 0.385 e. The third-order valence-electron chi connectivity index (χ3n) is 5.43. The van der Waals surface area contributed by atoms with Crippen LogP contribution in [0, 0.1) is 24.4 Å². The Bertz CT molecular complexity index is 945. The van der Waals surface area contributed by atoms with Crippen LogP contribution < -0.4 is 10.6 Å². The summed E-state index contributed by atoms with van der Waals surface area (Å²) in [5.41, 5.74) is -1.06. The van der Waals surface area contributed by atoms with Crippen molar-refractivity contribution in [2.24, 2.45) is 0 Å². The summed E-state index contributed by atoms with van der Waals surface area (Å²) in [6.45, 7) is 6.37. The Hall–Kier alpha value is -2.58. The highest BCUT2D eigenvalue weighted by atomic mass is 19.2. The van der Waals surface area contributed by atoms with Crippen molar-refractivity contribution < 1.29 is 23.1 Å². The standard InChI is InChI=1S/C22H26F3N3O2/c1-4-18(26-5-2)22(30)11-28(12-22)21(29)14-7-8-15(23)19(25)20(14)27-17-9-6-13(3)10-16(17)24/h6-10,18,26-27,30H,4-5,11-12H2,1-3H3. The molecule has 3 N–H and O–H groups in total. The molecule has 1 aliphatic rings. The molecule has 162 valence electrons. The molecule has 1 amide bonds. The number of carbonyl (C=O) groups is 1. The Balaban J connectivity index is 1.86. The van der Waals surface area contributed by atoms with Gasteiger partial charge in [-0.05, 0) is 49.7 Å². The lowest BCUT2D eigenvalue weighted by atomic mass is 9.84. The number of amides is 1. The fourth-order valence-corrected chi connectivity index (χ4v) is 3.82. The highest BCUT2D eigenvalue weighted by Crippen LogP contribution is 2.33. The van der Waals surface area contributed by atoms with Gasteiger partial charge in [-0.15, -0.1) is 0 Å². The topological polar surface area (TPSA) is 64.6 Å². The highest BCUT2D eigenvalue weighted by Gasteiger charge is 2.48. The lowest BCUT2D eigenvalue weighted by molar-refractivity contribution is -0.104. The summed E-state index contributed by atoms with van der Waals surface area (Å²) >= 11 is 0. The van der Waals surface area contributed by atoms with E-state index in [1.165, 1.54) is 17.0 Å². The van der Waals surface area contributed by atoms with Crippen molar-refractivity contribution in [3.8, 4) is 0 Å². The zero-order valence-electron chi connectivity index (χ0n) is 17.2. The van der Waals surface area contributed by atoms with E-state index in [1.807, 2.05) is 13.8 Å². The van der Waals surface area contributed by atoms with Gasteiger partial charge in [0, 0.05) is 6.04 Å². The van der Waals surface area contributed by atoms with Crippen LogP contribution in [0.5, 0.6) is 0 Å². The number of halogens is 3. The number of aryl methyl sites for hydroxylation is 1. The molecule has 1 fully saturated rings. The summed E-state index contributed by atoms with van der Waals surface area (Å²) in [5.74, 6) is -3.64. The summed E-state index contributed by atoms with van der Waals surface area (Å²) in [4.78, 5) is 14.3. The fraction of sp³-hybridized carbons (Fsp3) is 0.409. The number of nitrogens with zero attached hydrogens (tertiary/aromatic N) is 1. The van der Waals surface area contributed by atoms with Gasteiger partial charge in [-0.25, -0.2) is 13.2 Å². The molecule has 2 aromatic rings. The zero-order valence-corrected chi connectivity index (χ0v) is 17.2. The van der Waals surface area contributed by atoms with E-state index in [9.17, 15) is 23.1 Å². The van der Waals surface area contributed by atoms with Crippen LogP contribution in [-0.2, 0) is 0 Å². The number of nitrogens with one attached hydrogen (secondary N) is 2. The highest BCUT2D eigenvalue weighted by molar-refractivity contribution is 6.01. The minimum atomic E-state index is -1.27. The van der Waals surface area contributed by atoms with Gasteiger partial charge in [-0.3, -0.25) is 4.79 Å². The van der Waals surface area contributed by atoms with Gasteiger partial charge >= 0.3 is 0 Å². The van der Waals surface area contributed by atoms with E-state index < -0.39 is 34.6 Å². The average Bonchev–Trinajstić information content (AvgIpc) is 2.68. The first-order chi connectivity index (χ1) is 14.2. The van der Waals surface area contributed by atoms with E-state index in [-0.39, 0.29) is 30.4 Å². The van der Waals surface area contributed by atoms with Crippen LogP contribution in [-0.4, -0.2) is 47.2 Å². The van der Waals surface area contributed by atoms with E-state index in [2.05, 4.69) is 10.6 Å². The molecular weight excluding hydrogens is 395 g/mol. The zero-order chi connectivity index (χ0) is 22.1. The van der Waals surface area contributed by atoms with Crippen molar-refractivity contribution in [1.29, 1.82) is 0 Å². The van der Waals surface area contributed by atoms with Gasteiger partial charge in [0.05, 0.1) is 30.0 Å². The van der Waals surface area contributed by atoms with Gasteiger partial charge in [0.25, 0.3) is 5.91 Å². The number of rotatable bonds is 7. The van der Waals surface area contributed by atoms with Crippen molar-refractivity contribution in [2.75, 3.05) is 25.0 Å². The molecule has 0 spiro atoms. The molecule has 5 nitrogen and oxygen atoms in total. The molecule has 0 saturated carbocycles. The van der Waals surface area contributed by atoms with Gasteiger partial charge in [-0.1, -0.05) is 19.9 Å². The molecular formula is C22H26F3N3O2. The Morgan fingerprint density at radius 2 is 1.87 bits per heavy atom. The second-order valence-electron chi connectivity index (χ2n) is 7.68. The van der Waals surface area contributed by atoms with Crippen LogP contribution in [0.15, 0.2) is 30.3 Å². The average molecular weight is 421 g/mol. The first-order valence-corrected chi connectivity index (χ1v) is 9.96. The van der Waals surface area contributed by atoms with Crippen LogP contribution in [0.4, 0.5) is 24.5 Å². The second kappa shape index (κ2) is 8.65. The maximum absolute atomic E-state index is 14.5. The number of likely N-dealkylation sites (N-methyl/N-ethyl adjacent to an activating group) is 1. The molecule has 3 rings (SSSR count). The summed E-state index contributed by atoms with van der Waals surface area (Å²) in [5, 5.41) is 16.5. The number of aliphatic hydroxyl groups is 1. The minimum Gasteiger partial charge on any atom is -0.385 e. The van der Waals surface area contributed by atoms with E-state index in [0.29, 0.717) is 18.5 Å². The number of hydrogen-bond donors (Lipinski definition) is 3. The molecule has 8 heteroatoms. The molecule has 30 heavy (non-hydrogen) atoms. The Morgan fingerprint density at radius 1 is 1.17 bits per heavy atom. The molecule has 1 heterocycles. The summed E-state index contributed by atoms with van der Waals surface area (Å²) in [6.07, 6.45) is 0.678. The molecule has 0 aromatic heterocycles. The molecule has 0 bridgehead atoms. The van der Waals surface area contributed by atoms with Crippen molar-refractivity contribution in [2.45, 2.75) is 38.8 Å². The minimum absolute atomic E-state index is 0.0642. The fourth-order valence-electron chi connectivity index (χ4n) is 3.82. The van der Waals surface area contributed by atoms with Gasteiger partial charge < -0.3 is 20.6 Å². The van der Waals surface area contributed by atoms with Gasteiger partial charge in [0.1, 0.15) is 11.4 Å². The van der Waals surface area contributed by atoms with Crippen LogP contribution in [0.25, 0.3) is 0 Å². The lowest BCUT2D eigenvalue weighted by Crippen LogP contribution is -2.71. The van der Waals surface area contributed by atoms with E-state index >= 15 is 0 Å². The molecule has 0 aliphatic carbocycles. The van der Waals surface area contributed by atoms with Crippen molar-refractivity contribution in [3.63, 3.8) is 0 Å². The number of benzene rings is 2. The third-order valence-corrected chi connectivity index (χ3v) is 5.43. The van der Waals surface area contributed by atoms with E-state index in [4.69, 9.17) is 0 Å². The Labute approximate surface area is 173 Å². The van der Waals surface area contributed by atoms with Gasteiger partial charge in [0.2, 0.25) is 0 Å². The Morgan fingerprint density at radius 3 is 2.47 bits per heavy atom. The van der Waals surface area contributed by atoms with Gasteiger partial charge in [0.15, 0.2) is 11.6 Å². The smallest absolute Gasteiger partial charge is 0.256 e. The molecule has 1 atom stereocenters. The predicted molar refractivity (Wildman–Crippen MR) is 109 cm³/mol. The number of anilines is 2. The SMILES string of the molecule is CCNC(CC)C1(O)CN(C(=O)c2ccc(F)c(F)c2Nc2ccc(C)cc2F)C1. The third kappa shape index (κ3) is 4.15. The number of carbonyl (C=O) groups excluding carboxylic acids is 1. The van der Waals surface area contributed by atoms with Crippen LogP contribution in [0.2, 0.25) is 0 Å². The summed E-state index contributed by atoms with van der Waals surface area (Å²) in [6, 6.07) is 6.10. The predicted octanol–water partition coefficient (Wildman–Crippen LogP) is 3.73. The molecule has 1 aliphatic heterocycles. The van der Waals surface area contributed by atoms with Crippen LogP contribution in [0.1, 0.15) is 36.2 Å². The normalized spacial score (nSPS) is 16.2. The summed E-state index contributed by atoms with van der Waals surface area (Å²) in [7, 11) is 0. The first kappa shape index (κ1) is 22.1. The number of β-amino-alcohol motifs (C(OH)–C–C–N with tert-alkyl or cyclic N) is 1. The molecule has 2 aromatic carbocycles. The number of hydrogen-bond acceptors (Lipinski definition) is 4. The van der Waals surface area contributed by atoms with E-state index in [1.54, 1.807) is 13.0 Å². The maximum Gasteiger partial charge on any atom is 0.256 e.